The van der Waals surface area contributed by atoms with Crippen molar-refractivity contribution in [3.63, 3.8) is 0 Å². The summed E-state index contributed by atoms with van der Waals surface area (Å²) in [5, 5.41) is 11.9. The minimum Gasteiger partial charge on any atom is -0.493 e. The molecule has 7 nitrogen and oxygen atoms in total. The number of nitrogens with zero attached hydrogens (tertiary/aromatic N) is 5. The van der Waals surface area contributed by atoms with E-state index in [1.165, 1.54) is 11.1 Å². The maximum absolute atomic E-state index is 5.81. The van der Waals surface area contributed by atoms with Crippen LogP contribution in [-0.2, 0) is 19.5 Å². The van der Waals surface area contributed by atoms with Gasteiger partial charge >= 0.3 is 0 Å². The zero-order chi connectivity index (χ0) is 20.5. The zero-order valence-electron chi connectivity index (χ0n) is 17.2. The molecule has 0 aliphatic carbocycles. The molecule has 0 unspecified atom stereocenters. The van der Waals surface area contributed by atoms with Crippen molar-refractivity contribution in [2.24, 2.45) is 0 Å². The molecule has 2 aromatic heterocycles. The van der Waals surface area contributed by atoms with Crippen LogP contribution in [0.1, 0.15) is 16.7 Å². The minimum absolute atomic E-state index is 0.627. The van der Waals surface area contributed by atoms with Crippen molar-refractivity contribution in [3.05, 3.63) is 71.7 Å². The molecule has 7 heteroatoms. The van der Waals surface area contributed by atoms with Gasteiger partial charge in [0.15, 0.2) is 5.65 Å². The van der Waals surface area contributed by atoms with Crippen molar-refractivity contribution in [3.8, 4) is 16.9 Å². The first-order valence-corrected chi connectivity index (χ1v) is 10.1. The van der Waals surface area contributed by atoms with Crippen molar-refractivity contribution < 1.29 is 4.74 Å². The molecule has 30 heavy (non-hydrogen) atoms. The number of ether oxygens (including phenoxy) is 1. The van der Waals surface area contributed by atoms with E-state index in [9.17, 15) is 0 Å². The Morgan fingerprint density at radius 3 is 2.83 bits per heavy atom. The van der Waals surface area contributed by atoms with Gasteiger partial charge in [-0.1, -0.05) is 42.5 Å². The third kappa shape index (κ3) is 3.48. The van der Waals surface area contributed by atoms with Crippen molar-refractivity contribution in [2.75, 3.05) is 26.0 Å². The van der Waals surface area contributed by atoms with Crippen LogP contribution in [0, 0.1) is 0 Å². The zero-order valence-corrected chi connectivity index (χ0v) is 17.2. The van der Waals surface area contributed by atoms with Gasteiger partial charge in [0.05, 0.1) is 6.61 Å². The molecule has 0 spiro atoms. The summed E-state index contributed by atoms with van der Waals surface area (Å²) in [6.07, 6.45) is 4.53. The fourth-order valence-corrected chi connectivity index (χ4v) is 3.91. The molecule has 1 N–H and O–H groups in total. The first-order chi connectivity index (χ1) is 14.7. The van der Waals surface area contributed by atoms with E-state index < -0.39 is 0 Å². The molecule has 0 bridgehead atoms. The molecule has 5 rings (SSSR count). The van der Waals surface area contributed by atoms with E-state index in [2.05, 4.69) is 82.0 Å². The highest BCUT2D eigenvalue weighted by Crippen LogP contribution is 2.30. The predicted molar refractivity (Wildman–Crippen MR) is 117 cm³/mol. The molecule has 4 aromatic rings. The molecule has 1 aliphatic rings. The largest absolute Gasteiger partial charge is 0.493 e. The van der Waals surface area contributed by atoms with E-state index in [4.69, 9.17) is 4.74 Å². The van der Waals surface area contributed by atoms with Gasteiger partial charge in [-0.05, 0) is 30.8 Å². The van der Waals surface area contributed by atoms with E-state index in [0.29, 0.717) is 12.5 Å². The standard InChI is InChI=1S/C23H24N6O/c1-28(2)14-16-6-8-17(9-7-16)20-13-25-23(29-15-26-27-22(20)29)24-12-19-5-3-4-18-10-11-30-21(18)19/h3-9,13,15H,10-12,14H2,1-2H3,(H,24,25). The monoisotopic (exact) mass is 400 g/mol. The van der Waals surface area contributed by atoms with Crippen LogP contribution in [0.15, 0.2) is 55.0 Å². The minimum atomic E-state index is 0.627. The van der Waals surface area contributed by atoms with Crippen LogP contribution in [-0.4, -0.2) is 45.2 Å². The fourth-order valence-electron chi connectivity index (χ4n) is 3.91. The number of benzene rings is 2. The lowest BCUT2D eigenvalue weighted by Crippen LogP contribution is -2.10. The molecule has 1 aliphatic heterocycles. The van der Waals surface area contributed by atoms with Gasteiger partial charge in [0.25, 0.3) is 0 Å². The number of para-hydroxylation sites is 1. The highest BCUT2D eigenvalue weighted by atomic mass is 16.5. The van der Waals surface area contributed by atoms with Crippen molar-refractivity contribution in [1.82, 2.24) is 24.5 Å². The van der Waals surface area contributed by atoms with Gasteiger partial charge in [-0.3, -0.25) is 4.40 Å². The van der Waals surface area contributed by atoms with Gasteiger partial charge in [-0.15, -0.1) is 10.2 Å². The van der Waals surface area contributed by atoms with E-state index in [1.54, 1.807) is 6.33 Å². The number of rotatable bonds is 6. The summed E-state index contributed by atoms with van der Waals surface area (Å²) in [6.45, 7) is 2.29. The Hall–Kier alpha value is -3.45. The average molecular weight is 400 g/mol. The summed E-state index contributed by atoms with van der Waals surface area (Å²) >= 11 is 0. The first-order valence-electron chi connectivity index (χ1n) is 10.1. The van der Waals surface area contributed by atoms with Crippen LogP contribution in [0.2, 0.25) is 0 Å². The molecule has 0 atom stereocenters. The summed E-state index contributed by atoms with van der Waals surface area (Å²) < 4.78 is 7.70. The molecule has 152 valence electrons. The SMILES string of the molecule is CN(C)Cc1ccc(-c2cnc(NCc3cccc4c3OCC4)n3cnnc23)cc1. The molecule has 0 radical (unpaired) electrons. The Morgan fingerprint density at radius 2 is 2.00 bits per heavy atom. The maximum atomic E-state index is 5.81. The molecule has 0 amide bonds. The van der Waals surface area contributed by atoms with Crippen LogP contribution in [0.5, 0.6) is 5.75 Å². The van der Waals surface area contributed by atoms with Crippen LogP contribution in [0.25, 0.3) is 16.8 Å². The predicted octanol–water partition coefficient (Wildman–Crippen LogP) is 3.40. The molecular formula is C23H24N6O. The Kier molecular flexibility index (Phi) is 4.80. The highest BCUT2D eigenvalue weighted by molar-refractivity contribution is 5.77. The topological polar surface area (TPSA) is 67.6 Å². The summed E-state index contributed by atoms with van der Waals surface area (Å²) in [5.74, 6) is 1.71. The lowest BCUT2D eigenvalue weighted by atomic mass is 10.1. The molecule has 0 fully saturated rings. The van der Waals surface area contributed by atoms with Crippen LogP contribution in [0.4, 0.5) is 5.95 Å². The summed E-state index contributed by atoms with van der Waals surface area (Å²) in [6, 6.07) is 14.8. The van der Waals surface area contributed by atoms with E-state index in [1.807, 2.05) is 10.6 Å². The lowest BCUT2D eigenvalue weighted by molar-refractivity contribution is 0.354. The molecule has 0 saturated carbocycles. The fraction of sp³-hybridized carbons (Fsp3) is 0.261. The Labute approximate surface area is 175 Å². The van der Waals surface area contributed by atoms with Gasteiger partial charge in [0.1, 0.15) is 12.1 Å². The number of aromatic nitrogens is 4. The Bertz CT molecular complexity index is 1180. The summed E-state index contributed by atoms with van der Waals surface area (Å²) in [4.78, 5) is 6.81. The number of nitrogens with one attached hydrogen (secondary N) is 1. The maximum Gasteiger partial charge on any atom is 0.210 e. The molecular weight excluding hydrogens is 376 g/mol. The van der Waals surface area contributed by atoms with Crippen LogP contribution < -0.4 is 10.1 Å². The normalized spacial score (nSPS) is 12.9. The van der Waals surface area contributed by atoms with E-state index >= 15 is 0 Å². The quantitative estimate of drug-likeness (QED) is 0.535. The van der Waals surface area contributed by atoms with Crippen LogP contribution >= 0.6 is 0 Å². The number of hydrogen-bond donors (Lipinski definition) is 1. The highest BCUT2D eigenvalue weighted by Gasteiger charge is 2.16. The van der Waals surface area contributed by atoms with Crippen molar-refractivity contribution >= 4 is 11.6 Å². The second-order valence-electron chi connectivity index (χ2n) is 7.81. The Balaban J connectivity index is 1.41. The lowest BCUT2D eigenvalue weighted by Gasteiger charge is -2.13. The Morgan fingerprint density at radius 1 is 1.13 bits per heavy atom. The van der Waals surface area contributed by atoms with E-state index in [0.717, 1.165) is 47.7 Å². The van der Waals surface area contributed by atoms with E-state index in [-0.39, 0.29) is 0 Å². The smallest absolute Gasteiger partial charge is 0.210 e. The summed E-state index contributed by atoms with van der Waals surface area (Å²) in [5.41, 5.74) is 6.48. The van der Waals surface area contributed by atoms with Gasteiger partial charge in [0, 0.05) is 36.8 Å². The molecule has 0 saturated heterocycles. The number of fused-ring (bicyclic) bond motifs is 2. The van der Waals surface area contributed by atoms with Crippen LogP contribution in [0.3, 0.4) is 0 Å². The third-order valence-electron chi connectivity index (χ3n) is 5.33. The van der Waals surface area contributed by atoms with Gasteiger partial charge < -0.3 is 15.0 Å². The van der Waals surface area contributed by atoms with Gasteiger partial charge in [-0.2, -0.15) is 0 Å². The molecule has 3 heterocycles. The average Bonchev–Trinajstić information content (AvgIpc) is 3.42. The summed E-state index contributed by atoms with van der Waals surface area (Å²) in [7, 11) is 4.14. The van der Waals surface area contributed by atoms with Gasteiger partial charge in [0.2, 0.25) is 5.95 Å². The first kappa shape index (κ1) is 18.6. The van der Waals surface area contributed by atoms with Crippen molar-refractivity contribution in [2.45, 2.75) is 19.5 Å². The second-order valence-corrected chi connectivity index (χ2v) is 7.81. The number of anilines is 1. The third-order valence-corrected chi connectivity index (χ3v) is 5.33. The number of hydrogen-bond acceptors (Lipinski definition) is 6. The van der Waals surface area contributed by atoms with Crippen molar-refractivity contribution in [1.29, 1.82) is 0 Å². The second kappa shape index (κ2) is 7.76. The van der Waals surface area contributed by atoms with Gasteiger partial charge in [-0.25, -0.2) is 4.98 Å². The molecule has 2 aromatic carbocycles.